The van der Waals surface area contributed by atoms with Gasteiger partial charge >= 0.3 is 0 Å². The minimum absolute atomic E-state index is 0.281. The summed E-state index contributed by atoms with van der Waals surface area (Å²) in [6, 6.07) is 9.84. The monoisotopic (exact) mass is 260 g/mol. The summed E-state index contributed by atoms with van der Waals surface area (Å²) in [4.78, 5) is 4.35. The van der Waals surface area contributed by atoms with Crippen molar-refractivity contribution in [2.24, 2.45) is 5.73 Å². The zero-order valence-electron chi connectivity index (χ0n) is 11.1. The molecule has 1 heterocycles. The minimum Gasteiger partial charge on any atom is -0.487 e. The highest BCUT2D eigenvalue weighted by atomic mass is 19.1. The lowest BCUT2D eigenvalue weighted by molar-refractivity contribution is 0.296. The van der Waals surface area contributed by atoms with E-state index in [0.717, 1.165) is 11.4 Å². The standard InChI is InChI=1S/C15H17FN2O/c1-10-4-3-5-13(18-10)9-19-15-7-6-12(16)8-14(15)11(2)17/h3-8,11H,9,17H2,1-2H3. The summed E-state index contributed by atoms with van der Waals surface area (Å²) < 4.78 is 18.9. The molecule has 3 nitrogen and oxygen atoms in total. The third-order valence-electron chi connectivity index (χ3n) is 2.78. The van der Waals surface area contributed by atoms with Gasteiger partial charge in [0, 0.05) is 17.3 Å². The number of halogens is 1. The minimum atomic E-state index is -0.312. The van der Waals surface area contributed by atoms with Crippen molar-refractivity contribution in [3.05, 3.63) is 59.2 Å². The first-order valence-corrected chi connectivity index (χ1v) is 6.16. The van der Waals surface area contributed by atoms with Crippen LogP contribution in [-0.2, 0) is 6.61 Å². The highest BCUT2D eigenvalue weighted by Gasteiger charge is 2.10. The molecule has 1 atom stereocenters. The lowest BCUT2D eigenvalue weighted by Gasteiger charge is -2.14. The van der Waals surface area contributed by atoms with E-state index in [9.17, 15) is 4.39 Å². The molecule has 1 aromatic carbocycles. The first kappa shape index (κ1) is 13.5. The van der Waals surface area contributed by atoms with Crippen LogP contribution in [0.3, 0.4) is 0 Å². The maximum absolute atomic E-state index is 13.2. The Hall–Kier alpha value is -1.94. The highest BCUT2D eigenvalue weighted by molar-refractivity contribution is 5.36. The topological polar surface area (TPSA) is 48.1 Å². The van der Waals surface area contributed by atoms with Crippen LogP contribution < -0.4 is 10.5 Å². The van der Waals surface area contributed by atoms with Crippen molar-refractivity contribution in [1.29, 1.82) is 0 Å². The summed E-state index contributed by atoms with van der Waals surface area (Å²) >= 11 is 0. The Morgan fingerprint density at radius 1 is 1.32 bits per heavy atom. The third kappa shape index (κ3) is 3.51. The number of hydrogen-bond donors (Lipinski definition) is 1. The molecule has 0 saturated carbocycles. The lowest BCUT2D eigenvalue weighted by atomic mass is 10.1. The molecule has 0 aliphatic carbocycles. The van der Waals surface area contributed by atoms with Crippen molar-refractivity contribution in [3.63, 3.8) is 0 Å². The average molecular weight is 260 g/mol. The fourth-order valence-corrected chi connectivity index (χ4v) is 1.84. The Bertz CT molecular complexity index is 570. The van der Waals surface area contributed by atoms with Gasteiger partial charge < -0.3 is 10.5 Å². The smallest absolute Gasteiger partial charge is 0.130 e. The first-order valence-electron chi connectivity index (χ1n) is 6.16. The van der Waals surface area contributed by atoms with Crippen molar-refractivity contribution < 1.29 is 9.13 Å². The van der Waals surface area contributed by atoms with Crippen LogP contribution in [0.15, 0.2) is 36.4 Å². The second-order valence-electron chi connectivity index (χ2n) is 4.53. The van der Waals surface area contributed by atoms with Gasteiger partial charge in [-0.1, -0.05) is 6.07 Å². The molecule has 0 aliphatic rings. The van der Waals surface area contributed by atoms with Crippen molar-refractivity contribution in [3.8, 4) is 5.75 Å². The van der Waals surface area contributed by atoms with E-state index in [1.54, 1.807) is 13.0 Å². The molecule has 1 aromatic heterocycles. The summed E-state index contributed by atoms with van der Waals surface area (Å²) in [7, 11) is 0. The number of nitrogens with zero attached hydrogens (tertiary/aromatic N) is 1. The molecule has 0 aliphatic heterocycles. The van der Waals surface area contributed by atoms with E-state index in [2.05, 4.69) is 4.98 Å². The number of aryl methyl sites for hydroxylation is 1. The van der Waals surface area contributed by atoms with Crippen LogP contribution >= 0.6 is 0 Å². The maximum Gasteiger partial charge on any atom is 0.130 e. The molecule has 1 unspecified atom stereocenters. The van der Waals surface area contributed by atoms with Gasteiger partial charge in [0.1, 0.15) is 18.2 Å². The molecule has 0 bridgehead atoms. The van der Waals surface area contributed by atoms with E-state index in [-0.39, 0.29) is 11.9 Å². The van der Waals surface area contributed by atoms with Gasteiger partial charge in [0.05, 0.1) is 5.69 Å². The SMILES string of the molecule is Cc1cccc(COc2ccc(F)cc2C(C)N)n1. The van der Waals surface area contributed by atoms with Gasteiger partial charge in [-0.15, -0.1) is 0 Å². The predicted octanol–water partition coefficient (Wildman–Crippen LogP) is 3.13. The zero-order chi connectivity index (χ0) is 13.8. The number of pyridine rings is 1. The molecule has 0 radical (unpaired) electrons. The average Bonchev–Trinajstić information content (AvgIpc) is 2.37. The molecule has 0 amide bonds. The Balaban J connectivity index is 2.15. The van der Waals surface area contributed by atoms with Crippen molar-refractivity contribution >= 4 is 0 Å². The molecule has 0 spiro atoms. The third-order valence-corrected chi connectivity index (χ3v) is 2.78. The summed E-state index contributed by atoms with van der Waals surface area (Å²) in [5, 5.41) is 0. The van der Waals surface area contributed by atoms with Crippen molar-refractivity contribution in [1.82, 2.24) is 4.98 Å². The number of benzene rings is 1. The number of nitrogens with two attached hydrogens (primary N) is 1. The Morgan fingerprint density at radius 3 is 2.79 bits per heavy atom. The second-order valence-corrected chi connectivity index (χ2v) is 4.53. The Morgan fingerprint density at radius 2 is 2.11 bits per heavy atom. The van der Waals surface area contributed by atoms with Crippen LogP contribution in [0.4, 0.5) is 4.39 Å². The summed E-state index contributed by atoms with van der Waals surface area (Å²) in [5.74, 6) is 0.285. The number of aromatic nitrogens is 1. The number of ether oxygens (including phenoxy) is 1. The summed E-state index contributed by atoms with van der Waals surface area (Å²) in [6.45, 7) is 4.06. The molecule has 0 fully saturated rings. The van der Waals surface area contributed by atoms with E-state index < -0.39 is 0 Å². The van der Waals surface area contributed by atoms with Crippen LogP contribution in [0.1, 0.15) is 29.9 Å². The van der Waals surface area contributed by atoms with E-state index in [0.29, 0.717) is 17.9 Å². The highest BCUT2D eigenvalue weighted by Crippen LogP contribution is 2.25. The van der Waals surface area contributed by atoms with Crippen LogP contribution in [-0.4, -0.2) is 4.98 Å². The van der Waals surface area contributed by atoms with Crippen LogP contribution in [0.2, 0.25) is 0 Å². The molecule has 0 saturated heterocycles. The molecular formula is C15H17FN2O. The Kier molecular flexibility index (Phi) is 4.12. The fraction of sp³-hybridized carbons (Fsp3) is 0.267. The van der Waals surface area contributed by atoms with Crippen LogP contribution in [0.5, 0.6) is 5.75 Å². The largest absolute Gasteiger partial charge is 0.487 e. The summed E-state index contributed by atoms with van der Waals surface area (Å²) in [5.41, 5.74) is 8.24. The molecule has 19 heavy (non-hydrogen) atoms. The fourth-order valence-electron chi connectivity index (χ4n) is 1.84. The quantitative estimate of drug-likeness (QED) is 0.918. The van der Waals surface area contributed by atoms with Crippen molar-refractivity contribution in [2.45, 2.75) is 26.5 Å². The molecule has 2 N–H and O–H groups in total. The van der Waals surface area contributed by atoms with Gasteiger partial charge in [0.2, 0.25) is 0 Å². The van der Waals surface area contributed by atoms with Gasteiger partial charge in [0.25, 0.3) is 0 Å². The van der Waals surface area contributed by atoms with E-state index in [4.69, 9.17) is 10.5 Å². The second kappa shape index (κ2) is 5.80. The molecular weight excluding hydrogens is 243 g/mol. The number of hydrogen-bond acceptors (Lipinski definition) is 3. The van der Waals surface area contributed by atoms with E-state index in [1.807, 2.05) is 25.1 Å². The molecule has 2 aromatic rings. The van der Waals surface area contributed by atoms with Crippen LogP contribution in [0.25, 0.3) is 0 Å². The maximum atomic E-state index is 13.2. The molecule has 4 heteroatoms. The Labute approximate surface area is 112 Å². The normalized spacial score (nSPS) is 12.2. The van der Waals surface area contributed by atoms with Gasteiger partial charge in [0.15, 0.2) is 0 Å². The van der Waals surface area contributed by atoms with E-state index >= 15 is 0 Å². The van der Waals surface area contributed by atoms with Gasteiger partial charge in [-0.3, -0.25) is 4.98 Å². The lowest BCUT2D eigenvalue weighted by Crippen LogP contribution is -2.09. The molecule has 2 rings (SSSR count). The zero-order valence-corrected chi connectivity index (χ0v) is 11.1. The van der Waals surface area contributed by atoms with Crippen molar-refractivity contribution in [2.75, 3.05) is 0 Å². The van der Waals surface area contributed by atoms with Gasteiger partial charge in [-0.05, 0) is 44.2 Å². The summed E-state index contributed by atoms with van der Waals surface area (Å²) in [6.07, 6.45) is 0. The first-order chi connectivity index (χ1) is 9.06. The molecule has 100 valence electrons. The van der Waals surface area contributed by atoms with Gasteiger partial charge in [-0.2, -0.15) is 0 Å². The van der Waals surface area contributed by atoms with E-state index in [1.165, 1.54) is 12.1 Å². The van der Waals surface area contributed by atoms with Crippen LogP contribution in [0, 0.1) is 12.7 Å². The number of rotatable bonds is 4. The predicted molar refractivity (Wildman–Crippen MR) is 72.3 cm³/mol. The van der Waals surface area contributed by atoms with Gasteiger partial charge in [-0.25, -0.2) is 4.39 Å².